The van der Waals surface area contributed by atoms with Gasteiger partial charge >= 0.3 is 4.87 Å². The highest BCUT2D eigenvalue weighted by atomic mass is 32.1. The Labute approximate surface area is 86.7 Å². The quantitative estimate of drug-likeness (QED) is 0.676. The first-order chi connectivity index (χ1) is 6.84. The Morgan fingerprint density at radius 2 is 2.29 bits per heavy atom. The molecule has 1 saturated heterocycles. The number of hydrogen-bond acceptors (Lipinski definition) is 4. The molecular formula is C9H15N3OS. The van der Waals surface area contributed by atoms with Gasteiger partial charge in [-0.05, 0) is 25.9 Å². The van der Waals surface area contributed by atoms with E-state index in [9.17, 15) is 4.79 Å². The van der Waals surface area contributed by atoms with Crippen molar-refractivity contribution in [1.29, 1.82) is 0 Å². The van der Waals surface area contributed by atoms with Crippen molar-refractivity contribution in [3.63, 3.8) is 0 Å². The minimum atomic E-state index is 0.0344. The summed E-state index contributed by atoms with van der Waals surface area (Å²) in [4.78, 5) is 13.7. The van der Waals surface area contributed by atoms with Crippen LogP contribution in [0.3, 0.4) is 0 Å². The average Bonchev–Trinajstić information content (AvgIpc) is 2.63. The number of rotatable bonds is 3. The summed E-state index contributed by atoms with van der Waals surface area (Å²) >= 11 is 1.23. The highest BCUT2D eigenvalue weighted by Crippen LogP contribution is 2.03. The number of piperidine rings is 1. The van der Waals surface area contributed by atoms with Gasteiger partial charge in [0.15, 0.2) is 0 Å². The molecule has 0 saturated carbocycles. The Balaban J connectivity index is 1.78. The van der Waals surface area contributed by atoms with Gasteiger partial charge in [-0.25, -0.2) is 0 Å². The molecule has 3 N–H and O–H groups in total. The highest BCUT2D eigenvalue weighted by Gasteiger charge is 2.11. The fourth-order valence-corrected chi connectivity index (χ4v) is 2.26. The predicted molar refractivity (Wildman–Crippen MR) is 57.7 cm³/mol. The van der Waals surface area contributed by atoms with E-state index in [1.807, 2.05) is 5.38 Å². The van der Waals surface area contributed by atoms with Crippen LogP contribution in [0.2, 0.25) is 0 Å². The van der Waals surface area contributed by atoms with Crippen LogP contribution in [0, 0.1) is 0 Å². The molecular weight excluding hydrogens is 198 g/mol. The summed E-state index contributed by atoms with van der Waals surface area (Å²) in [5.41, 5.74) is 0.999. The second-order valence-corrected chi connectivity index (χ2v) is 4.42. The monoisotopic (exact) mass is 213 g/mol. The van der Waals surface area contributed by atoms with Gasteiger partial charge in [0.1, 0.15) is 0 Å². The summed E-state index contributed by atoms with van der Waals surface area (Å²) in [6.45, 7) is 2.97. The molecule has 1 fully saturated rings. The summed E-state index contributed by atoms with van der Waals surface area (Å²) < 4.78 is 0. The van der Waals surface area contributed by atoms with Crippen molar-refractivity contribution in [3.05, 3.63) is 20.7 Å². The molecule has 0 bridgehead atoms. The van der Waals surface area contributed by atoms with Gasteiger partial charge in [0.25, 0.3) is 0 Å². The van der Waals surface area contributed by atoms with E-state index in [4.69, 9.17) is 0 Å². The minimum Gasteiger partial charge on any atom is -0.317 e. The molecule has 1 aliphatic heterocycles. The maximum atomic E-state index is 10.9. The van der Waals surface area contributed by atoms with Crippen molar-refractivity contribution in [2.75, 3.05) is 13.1 Å². The van der Waals surface area contributed by atoms with Gasteiger partial charge in [0.2, 0.25) is 0 Å². The Bertz CT molecular complexity index is 327. The zero-order valence-electron chi connectivity index (χ0n) is 8.01. The van der Waals surface area contributed by atoms with Crippen LogP contribution in [0.4, 0.5) is 0 Å². The van der Waals surface area contributed by atoms with Crippen LogP contribution in [0.15, 0.2) is 10.2 Å². The van der Waals surface area contributed by atoms with E-state index in [2.05, 4.69) is 15.6 Å². The lowest BCUT2D eigenvalue weighted by Gasteiger charge is -2.23. The molecule has 0 aliphatic carbocycles. The van der Waals surface area contributed by atoms with E-state index in [1.54, 1.807) is 0 Å². The molecule has 1 aliphatic rings. The molecule has 14 heavy (non-hydrogen) atoms. The van der Waals surface area contributed by atoms with E-state index in [0.29, 0.717) is 6.04 Å². The topological polar surface area (TPSA) is 56.9 Å². The number of thiazole rings is 1. The van der Waals surface area contributed by atoms with E-state index < -0.39 is 0 Å². The van der Waals surface area contributed by atoms with E-state index in [-0.39, 0.29) is 4.87 Å². The lowest BCUT2D eigenvalue weighted by Crippen LogP contribution is -2.39. The van der Waals surface area contributed by atoms with Gasteiger partial charge in [-0.2, -0.15) is 0 Å². The van der Waals surface area contributed by atoms with Crippen LogP contribution in [0.25, 0.3) is 0 Å². The average molecular weight is 213 g/mol. The van der Waals surface area contributed by atoms with Gasteiger partial charge in [-0.1, -0.05) is 11.3 Å². The van der Waals surface area contributed by atoms with Crippen molar-refractivity contribution in [3.8, 4) is 0 Å². The van der Waals surface area contributed by atoms with Gasteiger partial charge in [0.05, 0.1) is 0 Å². The smallest absolute Gasteiger partial charge is 0.304 e. The molecule has 5 heteroatoms. The molecule has 1 aromatic rings. The minimum absolute atomic E-state index is 0.0344. The van der Waals surface area contributed by atoms with Crippen LogP contribution < -0.4 is 15.5 Å². The molecule has 0 atom stereocenters. The predicted octanol–water partition coefficient (Wildman–Crippen LogP) is 0.278. The third-order valence-corrected chi connectivity index (χ3v) is 3.21. The summed E-state index contributed by atoms with van der Waals surface area (Å²) in [6, 6.07) is 0.597. The van der Waals surface area contributed by atoms with Crippen molar-refractivity contribution in [2.24, 2.45) is 0 Å². The van der Waals surface area contributed by atoms with Crippen molar-refractivity contribution in [1.82, 2.24) is 15.6 Å². The SMILES string of the molecule is O=c1[nH]c(CNC2CCNCC2)cs1. The lowest BCUT2D eigenvalue weighted by molar-refractivity contribution is 0.385. The van der Waals surface area contributed by atoms with Crippen LogP contribution in [0.5, 0.6) is 0 Å². The normalized spacial score (nSPS) is 18.6. The van der Waals surface area contributed by atoms with Gasteiger partial charge < -0.3 is 15.6 Å². The van der Waals surface area contributed by atoms with Crippen molar-refractivity contribution >= 4 is 11.3 Å². The second-order valence-electron chi connectivity index (χ2n) is 3.58. The fourth-order valence-electron chi connectivity index (χ4n) is 1.68. The maximum Gasteiger partial charge on any atom is 0.304 e. The van der Waals surface area contributed by atoms with Gasteiger partial charge in [0, 0.05) is 23.7 Å². The fraction of sp³-hybridized carbons (Fsp3) is 0.667. The second kappa shape index (κ2) is 4.72. The molecule has 0 aromatic carbocycles. The number of aromatic amines is 1. The number of hydrogen-bond donors (Lipinski definition) is 3. The van der Waals surface area contributed by atoms with Crippen LogP contribution >= 0.6 is 11.3 Å². The summed E-state index contributed by atoms with van der Waals surface area (Å²) in [7, 11) is 0. The zero-order chi connectivity index (χ0) is 9.80. The Kier molecular flexibility index (Phi) is 3.34. The Morgan fingerprint density at radius 3 is 2.93 bits per heavy atom. The van der Waals surface area contributed by atoms with Crippen LogP contribution in [0.1, 0.15) is 18.5 Å². The standard InChI is InChI=1S/C9H15N3OS/c13-9-12-8(6-14-9)5-11-7-1-3-10-4-2-7/h6-7,10-11H,1-5H2,(H,12,13). The first kappa shape index (κ1) is 9.89. The third-order valence-electron chi connectivity index (χ3n) is 2.49. The van der Waals surface area contributed by atoms with Crippen molar-refractivity contribution in [2.45, 2.75) is 25.4 Å². The van der Waals surface area contributed by atoms with Gasteiger partial charge in [-0.15, -0.1) is 0 Å². The highest BCUT2D eigenvalue weighted by molar-refractivity contribution is 7.07. The Hall–Kier alpha value is -0.650. The number of nitrogens with one attached hydrogen (secondary N) is 3. The van der Waals surface area contributed by atoms with E-state index >= 15 is 0 Å². The molecule has 0 amide bonds. The summed E-state index contributed by atoms with van der Waals surface area (Å²) in [5.74, 6) is 0. The molecule has 2 heterocycles. The maximum absolute atomic E-state index is 10.9. The molecule has 4 nitrogen and oxygen atoms in total. The molecule has 1 aromatic heterocycles. The van der Waals surface area contributed by atoms with Crippen molar-refractivity contribution < 1.29 is 0 Å². The van der Waals surface area contributed by atoms with E-state index in [0.717, 1.165) is 25.3 Å². The largest absolute Gasteiger partial charge is 0.317 e. The molecule has 0 radical (unpaired) electrons. The number of aromatic nitrogens is 1. The number of H-pyrrole nitrogens is 1. The molecule has 0 unspecified atom stereocenters. The zero-order valence-corrected chi connectivity index (χ0v) is 8.82. The molecule has 0 spiro atoms. The summed E-state index contributed by atoms with van der Waals surface area (Å²) in [5, 5.41) is 8.65. The van der Waals surface area contributed by atoms with Gasteiger partial charge in [-0.3, -0.25) is 4.79 Å². The first-order valence-corrected chi connectivity index (χ1v) is 5.83. The van der Waals surface area contributed by atoms with Crippen LogP contribution in [-0.2, 0) is 6.54 Å². The van der Waals surface area contributed by atoms with E-state index in [1.165, 1.54) is 24.2 Å². The molecule has 2 rings (SSSR count). The van der Waals surface area contributed by atoms with Crippen LogP contribution in [-0.4, -0.2) is 24.1 Å². The molecule has 78 valence electrons. The summed E-state index contributed by atoms with van der Waals surface area (Å²) in [6.07, 6.45) is 2.35. The third kappa shape index (κ3) is 2.67. The lowest BCUT2D eigenvalue weighted by atomic mass is 10.1. The Morgan fingerprint density at radius 1 is 1.50 bits per heavy atom. The first-order valence-electron chi connectivity index (χ1n) is 4.95.